The van der Waals surface area contributed by atoms with Gasteiger partial charge >= 0.3 is 0 Å². The average Bonchev–Trinajstić information content (AvgIpc) is 2.93. The number of pyridine rings is 1. The molecular formula is C21H34N4O2. The number of nitrogens with zero attached hydrogens (tertiary/aromatic N) is 3. The first-order chi connectivity index (χ1) is 13.1. The smallest absolute Gasteiger partial charge is 0.225 e. The Morgan fingerprint density at radius 1 is 1.30 bits per heavy atom. The van der Waals surface area contributed by atoms with E-state index in [2.05, 4.69) is 34.7 Å². The number of ether oxygens (including phenoxy) is 1. The van der Waals surface area contributed by atoms with Crippen LogP contribution in [0.15, 0.2) is 18.5 Å². The Labute approximate surface area is 163 Å². The van der Waals surface area contributed by atoms with Crippen LogP contribution >= 0.6 is 0 Å². The molecule has 1 saturated heterocycles. The number of anilines is 1. The van der Waals surface area contributed by atoms with E-state index in [1.54, 1.807) is 0 Å². The van der Waals surface area contributed by atoms with Crippen LogP contribution in [0.2, 0.25) is 0 Å². The summed E-state index contributed by atoms with van der Waals surface area (Å²) >= 11 is 0. The van der Waals surface area contributed by atoms with Crippen LogP contribution in [0.25, 0.3) is 0 Å². The highest BCUT2D eigenvalue weighted by Gasteiger charge is 2.35. The zero-order chi connectivity index (χ0) is 19.2. The van der Waals surface area contributed by atoms with Crippen molar-refractivity contribution in [3.63, 3.8) is 0 Å². The minimum absolute atomic E-state index is 0.0237. The van der Waals surface area contributed by atoms with Gasteiger partial charge in [0.25, 0.3) is 0 Å². The molecule has 0 unspecified atom stereocenters. The van der Waals surface area contributed by atoms with E-state index < -0.39 is 0 Å². The second kappa shape index (κ2) is 9.51. The molecule has 6 heteroatoms. The van der Waals surface area contributed by atoms with Crippen LogP contribution in [0.1, 0.15) is 44.6 Å². The van der Waals surface area contributed by atoms with Crippen molar-refractivity contribution in [3.05, 3.63) is 24.0 Å². The Hall–Kier alpha value is -1.66. The van der Waals surface area contributed by atoms with Crippen molar-refractivity contribution in [2.24, 2.45) is 11.7 Å². The molecule has 2 heterocycles. The Balaban J connectivity index is 1.58. The summed E-state index contributed by atoms with van der Waals surface area (Å²) in [4.78, 5) is 21.8. The van der Waals surface area contributed by atoms with Crippen molar-refractivity contribution in [1.82, 2.24) is 9.88 Å². The molecule has 3 rings (SSSR count). The molecule has 1 amide bonds. The summed E-state index contributed by atoms with van der Waals surface area (Å²) in [6, 6.07) is 2.14. The first-order valence-electron chi connectivity index (χ1n) is 10.4. The molecule has 1 saturated carbocycles. The maximum atomic E-state index is 13.1. The number of carbonyl (C=O) groups excluding carboxylic acids is 1. The van der Waals surface area contributed by atoms with Crippen molar-refractivity contribution in [1.29, 1.82) is 0 Å². The number of aryl methyl sites for hydroxylation is 1. The van der Waals surface area contributed by atoms with E-state index in [1.165, 1.54) is 11.3 Å². The van der Waals surface area contributed by atoms with Gasteiger partial charge in [-0.3, -0.25) is 9.78 Å². The van der Waals surface area contributed by atoms with E-state index in [-0.39, 0.29) is 18.1 Å². The van der Waals surface area contributed by atoms with Crippen LogP contribution in [-0.2, 0) is 9.53 Å². The number of aromatic nitrogens is 1. The zero-order valence-electron chi connectivity index (χ0n) is 16.8. The van der Waals surface area contributed by atoms with E-state index in [0.717, 1.165) is 64.9 Å². The quantitative estimate of drug-likeness (QED) is 0.857. The van der Waals surface area contributed by atoms with Crippen molar-refractivity contribution < 1.29 is 9.53 Å². The first-order valence-corrected chi connectivity index (χ1v) is 10.4. The van der Waals surface area contributed by atoms with Crippen LogP contribution in [0.4, 0.5) is 5.69 Å². The highest BCUT2D eigenvalue weighted by molar-refractivity contribution is 5.79. The van der Waals surface area contributed by atoms with Gasteiger partial charge in [-0.05, 0) is 50.7 Å². The molecule has 0 radical (unpaired) electrons. The molecule has 3 atom stereocenters. The first kappa shape index (κ1) is 20.1. The Morgan fingerprint density at radius 2 is 2.15 bits per heavy atom. The second-order valence-corrected chi connectivity index (χ2v) is 7.91. The van der Waals surface area contributed by atoms with Crippen LogP contribution in [0, 0.1) is 12.8 Å². The van der Waals surface area contributed by atoms with Crippen LogP contribution in [0.3, 0.4) is 0 Å². The number of carbonyl (C=O) groups is 1. The standard InChI is InChI=1S/C21H34N4O2/c1-3-13-27-20-14-17(5-6-18(20)22)21(26)25-10-4-9-24(11-12-25)19-7-8-23-15-16(19)2/h7-8,15,17-18,20H,3-6,9-14,22H2,1-2H3/t17-,18+,20+/m0/s1. The molecule has 2 N–H and O–H groups in total. The maximum Gasteiger partial charge on any atom is 0.225 e. The number of hydrogen-bond acceptors (Lipinski definition) is 5. The van der Waals surface area contributed by atoms with Gasteiger partial charge in [-0.15, -0.1) is 0 Å². The fraction of sp³-hybridized carbons (Fsp3) is 0.714. The minimum atomic E-state index is 0.0237. The summed E-state index contributed by atoms with van der Waals surface area (Å²) in [5.41, 5.74) is 8.64. The van der Waals surface area contributed by atoms with Gasteiger partial charge in [-0.2, -0.15) is 0 Å². The lowest BCUT2D eigenvalue weighted by atomic mass is 9.83. The van der Waals surface area contributed by atoms with Crippen LogP contribution < -0.4 is 10.6 Å². The van der Waals surface area contributed by atoms with Crippen molar-refractivity contribution in [3.8, 4) is 0 Å². The Morgan fingerprint density at radius 3 is 2.93 bits per heavy atom. The summed E-state index contributed by atoms with van der Waals surface area (Å²) < 4.78 is 5.91. The average molecular weight is 375 g/mol. The van der Waals surface area contributed by atoms with Gasteiger partial charge in [0.1, 0.15) is 0 Å². The summed E-state index contributed by atoms with van der Waals surface area (Å²) in [6.07, 6.45) is 8.28. The van der Waals surface area contributed by atoms with Gasteiger partial charge in [0.2, 0.25) is 5.91 Å². The van der Waals surface area contributed by atoms with E-state index in [4.69, 9.17) is 10.5 Å². The van der Waals surface area contributed by atoms with Gasteiger partial charge in [0, 0.05) is 62.8 Å². The summed E-state index contributed by atoms with van der Waals surface area (Å²) in [6.45, 7) is 8.39. The monoisotopic (exact) mass is 374 g/mol. The highest BCUT2D eigenvalue weighted by atomic mass is 16.5. The molecule has 150 valence electrons. The van der Waals surface area contributed by atoms with Crippen LogP contribution in [-0.4, -0.2) is 60.7 Å². The molecule has 1 aliphatic carbocycles. The molecular weight excluding hydrogens is 340 g/mol. The molecule has 27 heavy (non-hydrogen) atoms. The van der Waals surface area contributed by atoms with E-state index in [0.29, 0.717) is 5.91 Å². The fourth-order valence-electron chi connectivity index (χ4n) is 4.30. The molecule has 0 spiro atoms. The topological polar surface area (TPSA) is 71.7 Å². The van der Waals surface area contributed by atoms with E-state index in [9.17, 15) is 4.79 Å². The van der Waals surface area contributed by atoms with Gasteiger partial charge < -0.3 is 20.3 Å². The largest absolute Gasteiger partial charge is 0.377 e. The normalized spacial score (nSPS) is 26.7. The predicted octanol–water partition coefficient (Wildman–Crippen LogP) is 2.35. The van der Waals surface area contributed by atoms with Gasteiger partial charge in [0.15, 0.2) is 0 Å². The Kier molecular flexibility index (Phi) is 7.07. The molecule has 2 fully saturated rings. The predicted molar refractivity (Wildman–Crippen MR) is 108 cm³/mol. The SMILES string of the molecule is CCCO[C@@H]1C[C@@H](C(=O)N2CCCN(c3ccncc3C)CC2)CC[C@H]1N. The molecule has 0 bridgehead atoms. The molecule has 1 aromatic rings. The summed E-state index contributed by atoms with van der Waals surface area (Å²) in [5.74, 6) is 0.348. The third-order valence-electron chi connectivity index (χ3n) is 5.87. The molecule has 1 aromatic heterocycles. The van der Waals surface area contributed by atoms with Gasteiger partial charge in [-0.25, -0.2) is 0 Å². The number of rotatable bonds is 5. The van der Waals surface area contributed by atoms with Gasteiger partial charge in [-0.1, -0.05) is 6.92 Å². The third kappa shape index (κ3) is 4.99. The number of nitrogens with two attached hydrogens (primary N) is 1. The number of amides is 1. The lowest BCUT2D eigenvalue weighted by Gasteiger charge is -2.35. The molecule has 0 aromatic carbocycles. The summed E-state index contributed by atoms with van der Waals surface area (Å²) in [5, 5.41) is 0. The molecule has 1 aliphatic heterocycles. The van der Waals surface area contributed by atoms with Crippen molar-refractivity contribution in [2.75, 3.05) is 37.7 Å². The highest BCUT2D eigenvalue weighted by Crippen LogP contribution is 2.28. The lowest BCUT2D eigenvalue weighted by Crippen LogP contribution is -2.47. The fourth-order valence-corrected chi connectivity index (χ4v) is 4.30. The zero-order valence-corrected chi connectivity index (χ0v) is 16.8. The third-order valence-corrected chi connectivity index (χ3v) is 5.87. The van der Waals surface area contributed by atoms with E-state index >= 15 is 0 Å². The van der Waals surface area contributed by atoms with Crippen LogP contribution in [0.5, 0.6) is 0 Å². The van der Waals surface area contributed by atoms with E-state index in [1.807, 2.05) is 12.4 Å². The lowest BCUT2D eigenvalue weighted by molar-refractivity contribution is -0.138. The molecule has 2 aliphatic rings. The van der Waals surface area contributed by atoms with Crippen molar-refractivity contribution in [2.45, 2.75) is 58.1 Å². The second-order valence-electron chi connectivity index (χ2n) is 7.91. The number of hydrogen-bond donors (Lipinski definition) is 1. The van der Waals surface area contributed by atoms with Crippen molar-refractivity contribution >= 4 is 11.6 Å². The Bertz CT molecular complexity index is 624. The minimum Gasteiger partial charge on any atom is -0.377 e. The van der Waals surface area contributed by atoms with Gasteiger partial charge in [0.05, 0.1) is 6.10 Å². The summed E-state index contributed by atoms with van der Waals surface area (Å²) in [7, 11) is 0. The maximum absolute atomic E-state index is 13.1. The molecule has 6 nitrogen and oxygen atoms in total.